The van der Waals surface area contributed by atoms with Crippen molar-refractivity contribution in [3.8, 4) is 5.75 Å². The van der Waals surface area contributed by atoms with Gasteiger partial charge in [-0.05, 0) is 37.4 Å². The number of nitrogen functional groups attached to an aromatic ring is 2. The lowest BCUT2D eigenvalue weighted by Gasteiger charge is -2.21. The van der Waals surface area contributed by atoms with Crippen molar-refractivity contribution >= 4 is 40.4 Å². The van der Waals surface area contributed by atoms with Crippen LogP contribution in [0.15, 0.2) is 48.9 Å². The van der Waals surface area contributed by atoms with Crippen LogP contribution < -0.4 is 21.5 Å². The molecule has 33 heavy (non-hydrogen) atoms. The predicted molar refractivity (Wildman–Crippen MR) is 134 cm³/mol. The molecular formula is C23H27Cl2N7O. The highest BCUT2D eigenvalue weighted by Gasteiger charge is 2.12. The zero-order chi connectivity index (χ0) is 23.8. The highest BCUT2D eigenvalue weighted by Crippen LogP contribution is 2.27. The molecular weight excluding hydrogens is 461 g/mol. The van der Waals surface area contributed by atoms with Gasteiger partial charge in [0.1, 0.15) is 18.2 Å². The molecule has 0 radical (unpaired) electrons. The molecule has 0 amide bonds. The van der Waals surface area contributed by atoms with Crippen molar-refractivity contribution in [3.63, 3.8) is 0 Å². The molecule has 0 aliphatic carbocycles. The third-order valence-corrected chi connectivity index (χ3v) is 5.70. The summed E-state index contributed by atoms with van der Waals surface area (Å²) in [6, 6.07) is 8.44. The van der Waals surface area contributed by atoms with E-state index in [0.29, 0.717) is 44.0 Å². The Bertz CT molecular complexity index is 1070. The number of nitrogens with two attached hydrogens (primary N) is 2. The SMILES string of the molecule is CN1CCNCC1.N=C(c1ccc(N)nc1)c1cc(OCc2c(Cl)cncc2Cl)ccc1N. The Morgan fingerprint density at radius 3 is 2.36 bits per heavy atom. The Morgan fingerprint density at radius 1 is 1.09 bits per heavy atom. The second-order valence-corrected chi connectivity index (χ2v) is 8.33. The molecule has 1 aliphatic heterocycles. The fraction of sp³-hybridized carbons (Fsp3) is 0.261. The van der Waals surface area contributed by atoms with Crippen LogP contribution in [0.1, 0.15) is 16.7 Å². The minimum absolute atomic E-state index is 0.167. The van der Waals surface area contributed by atoms with Gasteiger partial charge in [0.15, 0.2) is 0 Å². The lowest BCUT2D eigenvalue weighted by molar-refractivity contribution is 0.291. The Kier molecular flexibility index (Phi) is 8.85. The maximum atomic E-state index is 8.38. The van der Waals surface area contributed by atoms with E-state index < -0.39 is 0 Å². The smallest absolute Gasteiger partial charge is 0.123 e. The molecule has 1 aromatic carbocycles. The van der Waals surface area contributed by atoms with E-state index in [4.69, 9.17) is 44.8 Å². The van der Waals surface area contributed by atoms with E-state index in [1.807, 2.05) is 0 Å². The first kappa shape index (κ1) is 24.7. The maximum absolute atomic E-state index is 8.38. The van der Waals surface area contributed by atoms with Crippen LogP contribution in [0.2, 0.25) is 10.0 Å². The molecule has 0 bridgehead atoms. The van der Waals surface area contributed by atoms with Crippen LogP contribution in [-0.2, 0) is 6.61 Å². The summed E-state index contributed by atoms with van der Waals surface area (Å²) < 4.78 is 5.77. The minimum Gasteiger partial charge on any atom is -0.489 e. The number of pyridine rings is 2. The van der Waals surface area contributed by atoms with Crippen molar-refractivity contribution in [1.29, 1.82) is 5.41 Å². The van der Waals surface area contributed by atoms with Crippen molar-refractivity contribution in [2.24, 2.45) is 0 Å². The van der Waals surface area contributed by atoms with E-state index in [0.717, 1.165) is 13.1 Å². The van der Waals surface area contributed by atoms with Gasteiger partial charge >= 0.3 is 0 Å². The number of piperazine rings is 1. The molecule has 174 valence electrons. The van der Waals surface area contributed by atoms with Crippen LogP contribution in [0.5, 0.6) is 5.75 Å². The van der Waals surface area contributed by atoms with Crippen LogP contribution in [-0.4, -0.2) is 53.8 Å². The van der Waals surface area contributed by atoms with E-state index in [-0.39, 0.29) is 12.3 Å². The first-order valence-corrected chi connectivity index (χ1v) is 11.1. The van der Waals surface area contributed by atoms with Crippen molar-refractivity contribution < 1.29 is 4.74 Å². The molecule has 4 rings (SSSR count). The number of rotatable bonds is 5. The summed E-state index contributed by atoms with van der Waals surface area (Å²) in [5.74, 6) is 0.920. The largest absolute Gasteiger partial charge is 0.489 e. The van der Waals surface area contributed by atoms with E-state index in [9.17, 15) is 0 Å². The zero-order valence-corrected chi connectivity index (χ0v) is 19.8. The Hall–Kier alpha value is -2.91. The van der Waals surface area contributed by atoms with Crippen LogP contribution >= 0.6 is 23.2 Å². The molecule has 8 nitrogen and oxygen atoms in total. The van der Waals surface area contributed by atoms with Gasteiger partial charge in [-0.1, -0.05) is 23.2 Å². The number of halogens is 2. The third kappa shape index (κ3) is 7.03. The second kappa shape index (κ2) is 11.8. The average Bonchev–Trinajstić information content (AvgIpc) is 2.81. The Balaban J connectivity index is 0.000000374. The highest BCUT2D eigenvalue weighted by atomic mass is 35.5. The van der Waals surface area contributed by atoms with E-state index in [1.54, 1.807) is 30.3 Å². The van der Waals surface area contributed by atoms with E-state index in [2.05, 4.69) is 27.2 Å². The fourth-order valence-electron chi connectivity index (χ4n) is 3.06. The number of anilines is 2. The van der Waals surface area contributed by atoms with Crippen LogP contribution in [0.25, 0.3) is 0 Å². The van der Waals surface area contributed by atoms with Gasteiger partial charge < -0.3 is 26.4 Å². The molecule has 0 unspecified atom stereocenters. The molecule has 6 N–H and O–H groups in total. The van der Waals surface area contributed by atoms with Crippen LogP contribution in [0, 0.1) is 5.41 Å². The average molecular weight is 488 g/mol. The number of benzene rings is 1. The van der Waals surface area contributed by atoms with Crippen molar-refractivity contribution in [2.75, 3.05) is 44.7 Å². The van der Waals surface area contributed by atoms with E-state index in [1.165, 1.54) is 31.7 Å². The Morgan fingerprint density at radius 2 is 1.79 bits per heavy atom. The number of ether oxygens (including phenoxy) is 1. The number of nitrogens with zero attached hydrogens (tertiary/aromatic N) is 3. The third-order valence-electron chi connectivity index (χ3n) is 5.05. The highest BCUT2D eigenvalue weighted by molar-refractivity contribution is 6.35. The summed E-state index contributed by atoms with van der Waals surface area (Å²) in [5.41, 5.74) is 14.1. The molecule has 3 aromatic rings. The summed E-state index contributed by atoms with van der Waals surface area (Å²) in [4.78, 5) is 10.2. The molecule has 0 atom stereocenters. The van der Waals surface area contributed by atoms with Crippen molar-refractivity contribution in [1.82, 2.24) is 20.2 Å². The van der Waals surface area contributed by atoms with Gasteiger partial charge in [0.05, 0.1) is 15.8 Å². The quantitative estimate of drug-likeness (QED) is 0.320. The first-order chi connectivity index (χ1) is 15.8. The fourth-order valence-corrected chi connectivity index (χ4v) is 3.53. The summed E-state index contributed by atoms with van der Waals surface area (Å²) >= 11 is 12.2. The lowest BCUT2D eigenvalue weighted by atomic mass is 10.0. The summed E-state index contributed by atoms with van der Waals surface area (Å²) in [7, 11) is 2.15. The minimum atomic E-state index is 0.167. The van der Waals surface area contributed by atoms with Crippen LogP contribution in [0.3, 0.4) is 0 Å². The monoisotopic (exact) mass is 487 g/mol. The summed E-state index contributed by atoms with van der Waals surface area (Å²) in [6.07, 6.45) is 4.54. The predicted octanol–water partition coefficient (Wildman–Crippen LogP) is 3.46. The normalized spacial score (nSPS) is 13.7. The Labute approximate surface area is 203 Å². The van der Waals surface area contributed by atoms with Gasteiger partial charge in [0.25, 0.3) is 0 Å². The molecule has 3 heterocycles. The molecule has 0 spiro atoms. The standard InChI is InChI=1S/C18H15Cl2N5O.C5H12N2/c19-14-7-24-8-15(20)13(14)9-26-11-2-3-16(21)12(5-11)18(23)10-1-4-17(22)25-6-10;1-7-4-2-6-3-5-7/h1-8,23H,9,21H2,(H2,22,25);6H,2-5H2,1H3. The topological polar surface area (TPSA) is 126 Å². The summed E-state index contributed by atoms with van der Waals surface area (Å²) in [6.45, 7) is 4.91. The summed E-state index contributed by atoms with van der Waals surface area (Å²) in [5, 5.41) is 12.5. The number of hydrogen-bond acceptors (Lipinski definition) is 8. The maximum Gasteiger partial charge on any atom is 0.123 e. The first-order valence-electron chi connectivity index (χ1n) is 10.4. The van der Waals surface area contributed by atoms with Gasteiger partial charge in [-0.2, -0.15) is 0 Å². The van der Waals surface area contributed by atoms with Crippen molar-refractivity contribution in [3.05, 3.63) is 75.7 Å². The van der Waals surface area contributed by atoms with Gasteiger partial charge in [0.2, 0.25) is 0 Å². The molecule has 1 fully saturated rings. The number of aromatic nitrogens is 2. The molecule has 1 saturated heterocycles. The molecule has 1 aliphatic rings. The van der Waals surface area contributed by atoms with Gasteiger partial charge in [-0.15, -0.1) is 0 Å². The van der Waals surface area contributed by atoms with Gasteiger partial charge in [-0.25, -0.2) is 4.98 Å². The molecule has 2 aromatic heterocycles. The molecule has 10 heteroatoms. The van der Waals surface area contributed by atoms with E-state index >= 15 is 0 Å². The van der Waals surface area contributed by atoms with Crippen LogP contribution in [0.4, 0.5) is 11.5 Å². The van der Waals surface area contributed by atoms with Gasteiger partial charge in [-0.3, -0.25) is 10.4 Å². The second-order valence-electron chi connectivity index (χ2n) is 7.52. The lowest BCUT2D eigenvalue weighted by Crippen LogP contribution is -2.40. The zero-order valence-electron chi connectivity index (χ0n) is 18.3. The number of nitrogens with one attached hydrogen (secondary N) is 2. The number of hydrogen-bond donors (Lipinski definition) is 4. The van der Waals surface area contributed by atoms with Crippen molar-refractivity contribution in [2.45, 2.75) is 6.61 Å². The van der Waals surface area contributed by atoms with Gasteiger partial charge in [0, 0.05) is 67.1 Å². The molecule has 0 saturated carbocycles. The number of likely N-dealkylation sites (N-methyl/N-ethyl adjacent to an activating group) is 1.